The Morgan fingerprint density at radius 1 is 1.24 bits per heavy atom. The molecule has 1 heterocycles. The lowest BCUT2D eigenvalue weighted by atomic mass is 10.1. The third-order valence-corrected chi connectivity index (χ3v) is 4.21. The van der Waals surface area contributed by atoms with Gasteiger partial charge < -0.3 is 5.11 Å². The first-order valence-corrected chi connectivity index (χ1v) is 7.67. The molecule has 1 N–H and O–H groups in total. The minimum atomic E-state index is -0.345. The van der Waals surface area contributed by atoms with E-state index < -0.39 is 0 Å². The zero-order chi connectivity index (χ0) is 15.4. The molecule has 2 amide bonds. The molecule has 1 aliphatic heterocycles. The summed E-state index contributed by atoms with van der Waals surface area (Å²) < 4.78 is 0. The first-order chi connectivity index (χ1) is 10.1. The SMILES string of the molecule is C=CCN1C(=O)C(SCCO)=C(c2ccc(Cl)cc2)C1=O. The average molecular weight is 324 g/mol. The van der Waals surface area contributed by atoms with Crippen LogP contribution in [0.3, 0.4) is 0 Å². The fourth-order valence-corrected chi connectivity index (χ4v) is 3.01. The first-order valence-electron chi connectivity index (χ1n) is 6.31. The van der Waals surface area contributed by atoms with Gasteiger partial charge in [-0.15, -0.1) is 18.3 Å². The molecule has 0 aliphatic carbocycles. The monoisotopic (exact) mass is 323 g/mol. The van der Waals surface area contributed by atoms with E-state index in [9.17, 15) is 9.59 Å². The van der Waals surface area contributed by atoms with Crippen molar-refractivity contribution >= 4 is 40.8 Å². The quantitative estimate of drug-likeness (QED) is 0.645. The van der Waals surface area contributed by atoms with Crippen LogP contribution in [-0.2, 0) is 9.59 Å². The molecule has 0 fully saturated rings. The molecule has 0 aromatic heterocycles. The van der Waals surface area contributed by atoms with Gasteiger partial charge in [-0.05, 0) is 17.7 Å². The van der Waals surface area contributed by atoms with E-state index in [-0.39, 0.29) is 25.0 Å². The van der Waals surface area contributed by atoms with E-state index >= 15 is 0 Å². The Balaban J connectivity index is 2.45. The van der Waals surface area contributed by atoms with Gasteiger partial charge in [0, 0.05) is 17.3 Å². The Kier molecular flexibility index (Phi) is 5.22. The molecule has 1 aromatic rings. The molecule has 0 radical (unpaired) electrons. The summed E-state index contributed by atoms with van der Waals surface area (Å²) in [4.78, 5) is 26.3. The summed E-state index contributed by atoms with van der Waals surface area (Å²) in [5.74, 6) is -0.334. The summed E-state index contributed by atoms with van der Waals surface area (Å²) in [5.41, 5.74) is 1.00. The molecule has 6 heteroatoms. The molecule has 0 spiro atoms. The zero-order valence-electron chi connectivity index (χ0n) is 11.2. The van der Waals surface area contributed by atoms with Crippen LogP contribution in [0.15, 0.2) is 41.8 Å². The van der Waals surface area contributed by atoms with Crippen molar-refractivity contribution < 1.29 is 14.7 Å². The van der Waals surface area contributed by atoms with Gasteiger partial charge in [0.25, 0.3) is 11.8 Å². The van der Waals surface area contributed by atoms with E-state index in [4.69, 9.17) is 16.7 Å². The Morgan fingerprint density at radius 2 is 1.90 bits per heavy atom. The van der Waals surface area contributed by atoms with E-state index in [1.54, 1.807) is 24.3 Å². The second-order valence-electron chi connectivity index (χ2n) is 4.29. The Bertz CT molecular complexity index is 610. The molecule has 1 aromatic carbocycles. The number of hydrogen-bond donors (Lipinski definition) is 1. The number of rotatable bonds is 6. The maximum atomic E-state index is 12.5. The molecule has 0 atom stereocenters. The van der Waals surface area contributed by atoms with Gasteiger partial charge in [-0.3, -0.25) is 14.5 Å². The molecule has 110 valence electrons. The van der Waals surface area contributed by atoms with Gasteiger partial charge in [-0.1, -0.05) is 29.8 Å². The summed E-state index contributed by atoms with van der Waals surface area (Å²) in [6.07, 6.45) is 1.51. The van der Waals surface area contributed by atoms with Crippen molar-refractivity contribution in [2.45, 2.75) is 0 Å². The van der Waals surface area contributed by atoms with Gasteiger partial charge in [-0.25, -0.2) is 0 Å². The van der Waals surface area contributed by atoms with Crippen molar-refractivity contribution in [2.24, 2.45) is 0 Å². The number of thioether (sulfide) groups is 1. The van der Waals surface area contributed by atoms with Crippen LogP contribution < -0.4 is 0 Å². The predicted octanol–water partition coefficient (Wildman–Crippen LogP) is 2.33. The standard InChI is InChI=1S/C15H14ClNO3S/c1-2-7-17-14(19)12(10-3-5-11(16)6-4-10)13(15(17)20)21-9-8-18/h2-6,18H,1,7-9H2. The number of imide groups is 1. The van der Waals surface area contributed by atoms with Crippen LogP contribution >= 0.6 is 23.4 Å². The third-order valence-electron chi connectivity index (χ3n) is 2.91. The Hall–Kier alpha value is -1.56. The van der Waals surface area contributed by atoms with Crippen LogP contribution in [0, 0.1) is 0 Å². The lowest BCUT2D eigenvalue weighted by Crippen LogP contribution is -2.31. The highest BCUT2D eigenvalue weighted by atomic mass is 35.5. The summed E-state index contributed by atoms with van der Waals surface area (Å²) in [7, 11) is 0. The van der Waals surface area contributed by atoms with Crippen LogP contribution in [0.25, 0.3) is 5.57 Å². The van der Waals surface area contributed by atoms with Crippen molar-refractivity contribution in [2.75, 3.05) is 18.9 Å². The van der Waals surface area contributed by atoms with Crippen LogP contribution in [-0.4, -0.2) is 40.7 Å². The number of aliphatic hydroxyl groups excluding tert-OH is 1. The molecule has 0 bridgehead atoms. The molecule has 2 rings (SSSR count). The van der Waals surface area contributed by atoms with Crippen LogP contribution in [0.1, 0.15) is 5.56 Å². The Labute approximate surface area is 132 Å². The van der Waals surface area contributed by atoms with Crippen molar-refractivity contribution in [1.29, 1.82) is 0 Å². The van der Waals surface area contributed by atoms with Crippen molar-refractivity contribution in [1.82, 2.24) is 4.90 Å². The number of aliphatic hydroxyl groups is 1. The van der Waals surface area contributed by atoms with E-state index in [0.717, 1.165) is 4.90 Å². The fourth-order valence-electron chi connectivity index (χ4n) is 2.00. The number of amides is 2. The van der Waals surface area contributed by atoms with Crippen molar-refractivity contribution in [3.8, 4) is 0 Å². The van der Waals surface area contributed by atoms with Crippen LogP contribution in [0.5, 0.6) is 0 Å². The fraction of sp³-hybridized carbons (Fsp3) is 0.200. The van der Waals surface area contributed by atoms with E-state index in [1.807, 2.05) is 0 Å². The smallest absolute Gasteiger partial charge is 0.268 e. The van der Waals surface area contributed by atoms with Gasteiger partial charge in [0.1, 0.15) is 0 Å². The van der Waals surface area contributed by atoms with E-state index in [1.165, 1.54) is 17.8 Å². The van der Waals surface area contributed by atoms with Gasteiger partial charge in [0.15, 0.2) is 0 Å². The van der Waals surface area contributed by atoms with Gasteiger partial charge in [0.05, 0.1) is 17.1 Å². The van der Waals surface area contributed by atoms with Crippen molar-refractivity contribution in [3.63, 3.8) is 0 Å². The predicted molar refractivity (Wildman–Crippen MR) is 84.8 cm³/mol. The highest BCUT2D eigenvalue weighted by molar-refractivity contribution is 8.04. The second kappa shape index (κ2) is 6.93. The van der Waals surface area contributed by atoms with E-state index in [0.29, 0.717) is 26.8 Å². The van der Waals surface area contributed by atoms with Gasteiger partial charge in [-0.2, -0.15) is 0 Å². The number of hydrogen-bond acceptors (Lipinski definition) is 4. The maximum absolute atomic E-state index is 12.5. The number of carbonyl (C=O) groups excluding carboxylic acids is 2. The Morgan fingerprint density at radius 3 is 2.48 bits per heavy atom. The first kappa shape index (κ1) is 15.8. The number of benzene rings is 1. The molecular formula is C15H14ClNO3S. The van der Waals surface area contributed by atoms with E-state index in [2.05, 4.69) is 6.58 Å². The summed E-state index contributed by atoms with van der Waals surface area (Å²) in [6.45, 7) is 3.66. The highest BCUT2D eigenvalue weighted by Gasteiger charge is 2.38. The second-order valence-corrected chi connectivity index (χ2v) is 5.83. The minimum absolute atomic E-state index is 0.0645. The van der Waals surface area contributed by atoms with Crippen LogP contribution in [0.2, 0.25) is 5.02 Å². The molecule has 0 saturated heterocycles. The maximum Gasteiger partial charge on any atom is 0.268 e. The normalized spacial score (nSPS) is 15.0. The molecule has 1 aliphatic rings. The minimum Gasteiger partial charge on any atom is -0.396 e. The van der Waals surface area contributed by atoms with Gasteiger partial charge >= 0.3 is 0 Å². The summed E-state index contributed by atoms with van der Waals surface area (Å²) >= 11 is 7.03. The number of nitrogens with zero attached hydrogens (tertiary/aromatic N) is 1. The number of halogens is 1. The van der Waals surface area contributed by atoms with Gasteiger partial charge in [0.2, 0.25) is 0 Å². The molecule has 0 unspecified atom stereocenters. The molecular weight excluding hydrogens is 310 g/mol. The van der Waals surface area contributed by atoms with Crippen LogP contribution in [0.4, 0.5) is 0 Å². The molecule has 4 nitrogen and oxygen atoms in total. The molecule has 21 heavy (non-hydrogen) atoms. The topological polar surface area (TPSA) is 57.6 Å². The molecule has 0 saturated carbocycles. The largest absolute Gasteiger partial charge is 0.396 e. The lowest BCUT2D eigenvalue weighted by Gasteiger charge is -2.11. The lowest BCUT2D eigenvalue weighted by molar-refractivity contribution is -0.135. The summed E-state index contributed by atoms with van der Waals surface area (Å²) in [6, 6.07) is 6.76. The summed E-state index contributed by atoms with van der Waals surface area (Å²) in [5, 5.41) is 9.51. The number of carbonyl (C=O) groups is 2. The average Bonchev–Trinajstić information content (AvgIpc) is 2.71. The highest BCUT2D eigenvalue weighted by Crippen LogP contribution is 2.36. The zero-order valence-corrected chi connectivity index (χ0v) is 12.8. The van der Waals surface area contributed by atoms with Crippen molar-refractivity contribution in [3.05, 3.63) is 52.4 Å². The third kappa shape index (κ3) is 3.20.